The van der Waals surface area contributed by atoms with Crippen molar-refractivity contribution in [2.75, 3.05) is 11.9 Å². The van der Waals surface area contributed by atoms with Gasteiger partial charge in [-0.15, -0.1) is 0 Å². The van der Waals surface area contributed by atoms with Crippen LogP contribution in [0.4, 0.5) is 10.5 Å². The van der Waals surface area contributed by atoms with Gasteiger partial charge in [0.25, 0.3) is 5.91 Å². The highest BCUT2D eigenvalue weighted by molar-refractivity contribution is 14.1. The van der Waals surface area contributed by atoms with Crippen molar-refractivity contribution >= 4 is 63.8 Å². The summed E-state index contributed by atoms with van der Waals surface area (Å²) in [6.07, 6.45) is 2.33. The monoisotopic (exact) mass is 615 g/mol. The predicted octanol–water partition coefficient (Wildman–Crippen LogP) is 5.62. The summed E-state index contributed by atoms with van der Waals surface area (Å²) < 4.78 is 6.74. The zero-order chi connectivity index (χ0) is 25.7. The molecule has 0 saturated carbocycles. The molecule has 1 aliphatic rings. The highest BCUT2D eigenvalue weighted by Gasteiger charge is 2.35. The number of carbonyl (C=O) groups excluding carboxylic acids is 3. The van der Waals surface area contributed by atoms with Gasteiger partial charge in [0.05, 0.1) is 3.57 Å². The van der Waals surface area contributed by atoms with E-state index in [1.807, 2.05) is 61.5 Å². The zero-order valence-corrected chi connectivity index (χ0v) is 22.3. The molecule has 1 fully saturated rings. The first kappa shape index (κ1) is 25.7. The molecule has 0 aromatic heterocycles. The van der Waals surface area contributed by atoms with Gasteiger partial charge in [0, 0.05) is 10.7 Å². The number of nitrogens with one attached hydrogen (secondary N) is 2. The van der Waals surface area contributed by atoms with Crippen LogP contribution in [0.3, 0.4) is 0 Å². The molecule has 184 valence electrons. The Morgan fingerprint density at radius 3 is 2.58 bits per heavy atom. The van der Waals surface area contributed by atoms with E-state index < -0.39 is 17.8 Å². The van der Waals surface area contributed by atoms with Gasteiger partial charge in [-0.05, 0) is 82.1 Å². The molecule has 0 unspecified atom stereocenters. The van der Waals surface area contributed by atoms with E-state index in [2.05, 4.69) is 33.2 Å². The zero-order valence-electron chi connectivity index (χ0n) is 19.4. The number of amides is 4. The smallest absolute Gasteiger partial charge is 0.329 e. The van der Waals surface area contributed by atoms with Crippen molar-refractivity contribution in [3.63, 3.8) is 0 Å². The molecule has 0 aliphatic carbocycles. The molecule has 0 spiro atoms. The van der Waals surface area contributed by atoms with E-state index in [0.29, 0.717) is 28.6 Å². The van der Waals surface area contributed by atoms with Gasteiger partial charge in [0.15, 0.2) is 0 Å². The van der Waals surface area contributed by atoms with Crippen LogP contribution in [0.5, 0.6) is 5.75 Å². The van der Waals surface area contributed by atoms with Gasteiger partial charge in [0.2, 0.25) is 5.91 Å². The molecule has 0 bridgehead atoms. The Hall–Kier alpha value is -3.37. The van der Waals surface area contributed by atoms with Crippen LogP contribution < -0.4 is 15.4 Å². The molecule has 0 atom stereocenters. The van der Waals surface area contributed by atoms with E-state index >= 15 is 0 Å². The normalized spacial score (nSPS) is 14.2. The molecule has 7 nitrogen and oxygen atoms in total. The number of halogens is 2. The number of nitrogens with zero attached hydrogens (tertiary/aromatic N) is 1. The number of rotatable bonds is 8. The van der Waals surface area contributed by atoms with Crippen molar-refractivity contribution in [1.82, 2.24) is 10.2 Å². The molecule has 4 rings (SSSR count). The Morgan fingerprint density at radius 2 is 1.86 bits per heavy atom. The number of ether oxygens (including phenoxy) is 1. The van der Waals surface area contributed by atoms with Gasteiger partial charge >= 0.3 is 6.03 Å². The maximum absolute atomic E-state index is 12.8. The van der Waals surface area contributed by atoms with Gasteiger partial charge in [-0.25, -0.2) is 9.69 Å². The molecular formula is C27H23ClIN3O4. The third-order valence-corrected chi connectivity index (χ3v) is 6.61. The van der Waals surface area contributed by atoms with Gasteiger partial charge in [0.1, 0.15) is 24.6 Å². The Kier molecular flexibility index (Phi) is 8.27. The van der Waals surface area contributed by atoms with Crippen molar-refractivity contribution < 1.29 is 19.1 Å². The SMILES string of the molecule is CCc1ccccc1NC(=O)CN1C(=O)N/C(=C/c2ccc(OCc3ccc(Cl)cc3)c(I)c2)C1=O. The third kappa shape index (κ3) is 6.24. The largest absolute Gasteiger partial charge is 0.488 e. The van der Waals surface area contributed by atoms with Crippen LogP contribution in [0.1, 0.15) is 23.6 Å². The molecule has 1 aliphatic heterocycles. The maximum atomic E-state index is 12.8. The molecule has 1 saturated heterocycles. The first-order chi connectivity index (χ1) is 17.3. The van der Waals surface area contributed by atoms with Crippen molar-refractivity contribution in [1.29, 1.82) is 0 Å². The minimum atomic E-state index is -0.636. The number of para-hydroxylation sites is 1. The summed E-state index contributed by atoms with van der Waals surface area (Å²) in [4.78, 5) is 38.6. The van der Waals surface area contributed by atoms with Crippen LogP contribution in [-0.4, -0.2) is 29.3 Å². The van der Waals surface area contributed by atoms with Gasteiger partial charge in [-0.2, -0.15) is 0 Å². The van der Waals surface area contributed by atoms with E-state index in [-0.39, 0.29) is 12.2 Å². The first-order valence-corrected chi connectivity index (χ1v) is 12.7. The quantitative estimate of drug-likeness (QED) is 0.196. The highest BCUT2D eigenvalue weighted by Crippen LogP contribution is 2.25. The minimum absolute atomic E-state index is 0.104. The Morgan fingerprint density at radius 1 is 1.11 bits per heavy atom. The number of urea groups is 1. The summed E-state index contributed by atoms with van der Waals surface area (Å²) in [6, 6.07) is 19.6. The van der Waals surface area contributed by atoms with Crippen molar-refractivity contribution in [3.05, 3.63) is 97.7 Å². The van der Waals surface area contributed by atoms with E-state index in [1.54, 1.807) is 18.2 Å². The second-order valence-corrected chi connectivity index (χ2v) is 9.64. The fraction of sp³-hybridized carbons (Fsp3) is 0.148. The van der Waals surface area contributed by atoms with Gasteiger partial charge in [-0.3, -0.25) is 9.59 Å². The predicted molar refractivity (Wildman–Crippen MR) is 148 cm³/mol. The van der Waals surface area contributed by atoms with E-state index in [1.165, 1.54) is 0 Å². The molecule has 3 aromatic rings. The third-order valence-electron chi connectivity index (χ3n) is 5.51. The van der Waals surface area contributed by atoms with E-state index in [0.717, 1.165) is 26.0 Å². The van der Waals surface area contributed by atoms with Crippen LogP contribution in [-0.2, 0) is 22.6 Å². The lowest BCUT2D eigenvalue weighted by atomic mass is 10.1. The number of hydrogen-bond donors (Lipinski definition) is 2. The highest BCUT2D eigenvalue weighted by atomic mass is 127. The number of benzene rings is 3. The second kappa shape index (κ2) is 11.6. The summed E-state index contributed by atoms with van der Waals surface area (Å²) >= 11 is 8.07. The fourth-order valence-electron chi connectivity index (χ4n) is 3.63. The van der Waals surface area contributed by atoms with Gasteiger partial charge < -0.3 is 15.4 Å². The van der Waals surface area contributed by atoms with Crippen LogP contribution in [0.25, 0.3) is 6.08 Å². The van der Waals surface area contributed by atoms with Gasteiger partial charge in [-0.1, -0.05) is 54.9 Å². The van der Waals surface area contributed by atoms with Crippen LogP contribution in [0.2, 0.25) is 5.02 Å². The molecule has 3 aromatic carbocycles. The Balaban J connectivity index is 1.40. The number of carbonyl (C=O) groups is 3. The molecule has 0 radical (unpaired) electrons. The summed E-state index contributed by atoms with van der Waals surface area (Å²) in [6.45, 7) is 2.00. The van der Waals surface area contributed by atoms with E-state index in [9.17, 15) is 14.4 Å². The van der Waals surface area contributed by atoms with E-state index in [4.69, 9.17) is 16.3 Å². The minimum Gasteiger partial charge on any atom is -0.488 e. The molecular weight excluding hydrogens is 593 g/mol. The van der Waals surface area contributed by atoms with Crippen molar-refractivity contribution in [2.45, 2.75) is 20.0 Å². The molecule has 1 heterocycles. The lowest BCUT2D eigenvalue weighted by Crippen LogP contribution is -2.38. The fourth-order valence-corrected chi connectivity index (χ4v) is 4.45. The topological polar surface area (TPSA) is 87.7 Å². The van der Waals surface area contributed by atoms with Crippen molar-refractivity contribution in [3.8, 4) is 5.75 Å². The lowest BCUT2D eigenvalue weighted by molar-refractivity contribution is -0.127. The van der Waals surface area contributed by atoms with Crippen LogP contribution >= 0.6 is 34.2 Å². The van der Waals surface area contributed by atoms with Crippen LogP contribution in [0, 0.1) is 3.57 Å². The molecule has 9 heteroatoms. The second-order valence-electron chi connectivity index (χ2n) is 8.04. The standard InChI is InChI=1S/C27H23ClIN3O4/c1-2-19-5-3-4-6-22(19)30-25(33)15-32-26(34)23(31-27(32)35)14-18-9-12-24(21(29)13-18)36-16-17-7-10-20(28)11-8-17/h3-14H,2,15-16H2,1H3,(H,30,33)(H,31,35)/b23-14+. The average molecular weight is 616 g/mol. The van der Waals surface area contributed by atoms with Crippen molar-refractivity contribution in [2.24, 2.45) is 0 Å². The summed E-state index contributed by atoms with van der Waals surface area (Å²) in [5.41, 5.74) is 3.44. The number of aryl methyl sites for hydroxylation is 1. The first-order valence-electron chi connectivity index (χ1n) is 11.2. The average Bonchev–Trinajstić information content (AvgIpc) is 3.12. The molecule has 2 N–H and O–H groups in total. The maximum Gasteiger partial charge on any atom is 0.329 e. The van der Waals surface area contributed by atoms with Crippen LogP contribution in [0.15, 0.2) is 72.4 Å². The molecule has 4 amide bonds. The number of imide groups is 1. The Labute approximate surface area is 227 Å². The summed E-state index contributed by atoms with van der Waals surface area (Å²) in [7, 11) is 0. The molecule has 36 heavy (non-hydrogen) atoms. The summed E-state index contributed by atoms with van der Waals surface area (Å²) in [5, 5.41) is 6.00. The number of anilines is 1. The summed E-state index contributed by atoms with van der Waals surface area (Å²) in [5.74, 6) is -0.311. The lowest BCUT2D eigenvalue weighted by Gasteiger charge is -2.13. The number of hydrogen-bond acceptors (Lipinski definition) is 4. The Bertz CT molecular complexity index is 1340.